The van der Waals surface area contributed by atoms with Gasteiger partial charge < -0.3 is 9.64 Å². The van der Waals surface area contributed by atoms with Gasteiger partial charge in [-0.05, 0) is 19.9 Å². The van der Waals surface area contributed by atoms with E-state index in [-0.39, 0.29) is 18.1 Å². The largest absolute Gasteiger partial charge is 0.372 e. The summed E-state index contributed by atoms with van der Waals surface area (Å²) in [6, 6.07) is 1.65. The summed E-state index contributed by atoms with van der Waals surface area (Å²) >= 11 is 5.97. The molecule has 0 N–H and O–H groups in total. The lowest BCUT2D eigenvalue weighted by Crippen LogP contribution is -2.48. The lowest BCUT2D eigenvalue weighted by atomic mass is 10.2. The molecule has 0 radical (unpaired) electrons. The van der Waals surface area contributed by atoms with E-state index in [1.165, 1.54) is 6.20 Å². The predicted molar refractivity (Wildman–Crippen MR) is 65.2 cm³/mol. The molecule has 0 aromatic carbocycles. The van der Waals surface area contributed by atoms with E-state index >= 15 is 0 Å². The molecule has 5 heteroatoms. The first kappa shape index (κ1) is 12.3. The van der Waals surface area contributed by atoms with Gasteiger partial charge in [-0.15, -0.1) is 0 Å². The third-order valence-electron chi connectivity index (χ3n) is 2.71. The minimum absolute atomic E-state index is 0.0561. The number of ether oxygens (including phenoxy) is 1. The molecule has 1 saturated heterocycles. The van der Waals surface area contributed by atoms with Gasteiger partial charge >= 0.3 is 0 Å². The number of halogens is 1. The molecule has 0 aliphatic carbocycles. The lowest BCUT2D eigenvalue weighted by molar-refractivity contribution is -0.0586. The molecule has 4 nitrogen and oxygen atoms in total. The Labute approximate surface area is 106 Å². The Hall–Kier alpha value is -1.13. The van der Waals surface area contributed by atoms with Crippen LogP contribution in [0.5, 0.6) is 0 Å². The number of carbonyl (C=O) groups is 1. The quantitative estimate of drug-likeness (QED) is 0.770. The van der Waals surface area contributed by atoms with Crippen LogP contribution in [-0.2, 0) is 4.74 Å². The summed E-state index contributed by atoms with van der Waals surface area (Å²) < 4.78 is 5.59. The second-order valence-electron chi connectivity index (χ2n) is 4.32. The van der Waals surface area contributed by atoms with E-state index in [4.69, 9.17) is 16.3 Å². The molecule has 2 heterocycles. The van der Waals surface area contributed by atoms with Crippen molar-refractivity contribution in [3.8, 4) is 0 Å². The average molecular weight is 255 g/mol. The fourth-order valence-electron chi connectivity index (χ4n) is 2.06. The average Bonchev–Trinajstić information content (AvgIpc) is 2.27. The maximum absolute atomic E-state index is 12.3. The first-order valence-corrected chi connectivity index (χ1v) is 6.00. The van der Waals surface area contributed by atoms with Crippen LogP contribution in [0.1, 0.15) is 24.2 Å². The lowest BCUT2D eigenvalue weighted by Gasteiger charge is -2.35. The minimum atomic E-state index is -0.0561. The van der Waals surface area contributed by atoms with Gasteiger partial charge in [0.25, 0.3) is 5.91 Å². The standard InChI is InChI=1S/C12H15ClN2O2/c1-8-6-15(7-9(2)17-8)12(16)10-3-4-14-5-11(10)13/h3-5,8-9H,6-7H2,1-2H3. The van der Waals surface area contributed by atoms with E-state index in [0.717, 1.165) is 0 Å². The van der Waals surface area contributed by atoms with Crippen molar-refractivity contribution >= 4 is 17.5 Å². The first-order valence-electron chi connectivity index (χ1n) is 5.62. The van der Waals surface area contributed by atoms with Crippen LogP contribution in [0.15, 0.2) is 18.5 Å². The van der Waals surface area contributed by atoms with Crippen molar-refractivity contribution in [2.24, 2.45) is 0 Å². The third kappa shape index (κ3) is 2.76. The summed E-state index contributed by atoms with van der Waals surface area (Å²) in [6.07, 6.45) is 3.18. The molecule has 92 valence electrons. The number of morpholine rings is 1. The van der Waals surface area contributed by atoms with Crippen LogP contribution in [0, 0.1) is 0 Å². The second-order valence-corrected chi connectivity index (χ2v) is 4.73. The zero-order chi connectivity index (χ0) is 12.4. The van der Waals surface area contributed by atoms with Crippen LogP contribution in [0.3, 0.4) is 0 Å². The molecule has 2 unspecified atom stereocenters. The molecule has 1 amide bonds. The summed E-state index contributed by atoms with van der Waals surface area (Å²) in [4.78, 5) is 17.9. The van der Waals surface area contributed by atoms with Crippen LogP contribution in [0.2, 0.25) is 5.02 Å². The summed E-state index contributed by atoms with van der Waals surface area (Å²) in [6.45, 7) is 5.12. The van der Waals surface area contributed by atoms with Crippen LogP contribution in [-0.4, -0.2) is 41.1 Å². The van der Waals surface area contributed by atoms with Gasteiger partial charge in [-0.1, -0.05) is 11.6 Å². The molecule has 0 bridgehead atoms. The van der Waals surface area contributed by atoms with Gasteiger partial charge in [0.2, 0.25) is 0 Å². The van der Waals surface area contributed by atoms with E-state index in [1.54, 1.807) is 17.2 Å². The van der Waals surface area contributed by atoms with Gasteiger partial charge in [-0.3, -0.25) is 9.78 Å². The van der Waals surface area contributed by atoms with Gasteiger partial charge in [0, 0.05) is 25.5 Å². The molecule has 2 atom stereocenters. The molecule has 1 aromatic rings. The number of amides is 1. The first-order chi connectivity index (χ1) is 8.08. The van der Waals surface area contributed by atoms with Crippen LogP contribution >= 0.6 is 11.6 Å². The molecule has 17 heavy (non-hydrogen) atoms. The molecule has 0 saturated carbocycles. The molecule has 1 fully saturated rings. The summed E-state index contributed by atoms with van der Waals surface area (Å²) in [5.41, 5.74) is 0.503. The highest BCUT2D eigenvalue weighted by Crippen LogP contribution is 2.19. The van der Waals surface area contributed by atoms with Crippen molar-refractivity contribution in [2.45, 2.75) is 26.1 Å². The predicted octanol–water partition coefficient (Wildman–Crippen LogP) is 1.98. The topological polar surface area (TPSA) is 42.4 Å². The Bertz CT molecular complexity index is 415. The van der Waals surface area contributed by atoms with Crippen LogP contribution < -0.4 is 0 Å². The number of rotatable bonds is 1. The van der Waals surface area contributed by atoms with Crippen LogP contribution in [0.4, 0.5) is 0 Å². The van der Waals surface area contributed by atoms with Crippen molar-refractivity contribution in [1.29, 1.82) is 0 Å². The van der Waals surface area contributed by atoms with E-state index in [9.17, 15) is 4.79 Å². The van der Waals surface area contributed by atoms with Crippen molar-refractivity contribution in [3.63, 3.8) is 0 Å². The summed E-state index contributed by atoms with van der Waals surface area (Å²) in [5.74, 6) is -0.0561. The Morgan fingerprint density at radius 1 is 1.47 bits per heavy atom. The third-order valence-corrected chi connectivity index (χ3v) is 3.01. The zero-order valence-electron chi connectivity index (χ0n) is 9.89. The number of carbonyl (C=O) groups excluding carboxylic acids is 1. The molecular weight excluding hydrogens is 240 g/mol. The Balaban J connectivity index is 2.17. The minimum Gasteiger partial charge on any atom is -0.372 e. The zero-order valence-corrected chi connectivity index (χ0v) is 10.6. The molecule has 1 aromatic heterocycles. The molecular formula is C12H15ClN2O2. The number of aromatic nitrogens is 1. The maximum Gasteiger partial charge on any atom is 0.255 e. The Kier molecular flexibility index (Phi) is 3.64. The maximum atomic E-state index is 12.3. The fraction of sp³-hybridized carbons (Fsp3) is 0.500. The second kappa shape index (κ2) is 5.02. The Morgan fingerprint density at radius 2 is 2.12 bits per heavy atom. The number of hydrogen-bond donors (Lipinski definition) is 0. The summed E-state index contributed by atoms with van der Waals surface area (Å²) in [7, 11) is 0. The normalized spacial score (nSPS) is 24.8. The van der Waals surface area contributed by atoms with Crippen molar-refractivity contribution in [1.82, 2.24) is 9.88 Å². The number of hydrogen-bond acceptors (Lipinski definition) is 3. The van der Waals surface area contributed by atoms with E-state index in [1.807, 2.05) is 13.8 Å². The highest BCUT2D eigenvalue weighted by atomic mass is 35.5. The van der Waals surface area contributed by atoms with Gasteiger partial charge in [0.05, 0.1) is 22.8 Å². The fourth-order valence-corrected chi connectivity index (χ4v) is 2.26. The highest BCUT2D eigenvalue weighted by Gasteiger charge is 2.27. The van der Waals surface area contributed by atoms with E-state index < -0.39 is 0 Å². The SMILES string of the molecule is CC1CN(C(=O)c2ccncc2Cl)CC(C)O1. The van der Waals surface area contributed by atoms with Crippen LogP contribution in [0.25, 0.3) is 0 Å². The molecule has 1 aliphatic heterocycles. The number of pyridine rings is 1. The van der Waals surface area contributed by atoms with E-state index in [2.05, 4.69) is 4.98 Å². The van der Waals surface area contributed by atoms with Gasteiger partial charge in [-0.25, -0.2) is 0 Å². The van der Waals surface area contributed by atoms with Gasteiger partial charge in [0.1, 0.15) is 0 Å². The van der Waals surface area contributed by atoms with E-state index in [0.29, 0.717) is 23.7 Å². The Morgan fingerprint density at radius 3 is 2.71 bits per heavy atom. The number of nitrogens with zero attached hydrogens (tertiary/aromatic N) is 2. The smallest absolute Gasteiger partial charge is 0.255 e. The highest BCUT2D eigenvalue weighted by molar-refractivity contribution is 6.33. The molecule has 0 spiro atoms. The monoisotopic (exact) mass is 254 g/mol. The van der Waals surface area contributed by atoms with Crippen molar-refractivity contribution in [3.05, 3.63) is 29.0 Å². The van der Waals surface area contributed by atoms with Crippen molar-refractivity contribution < 1.29 is 9.53 Å². The molecule has 2 rings (SSSR count). The summed E-state index contributed by atoms with van der Waals surface area (Å²) in [5, 5.41) is 0.393. The van der Waals surface area contributed by atoms with Gasteiger partial charge in [-0.2, -0.15) is 0 Å². The molecule has 1 aliphatic rings. The van der Waals surface area contributed by atoms with Gasteiger partial charge in [0.15, 0.2) is 0 Å². The van der Waals surface area contributed by atoms with Crippen molar-refractivity contribution in [2.75, 3.05) is 13.1 Å².